The summed E-state index contributed by atoms with van der Waals surface area (Å²) in [6, 6.07) is 14.5. The highest BCUT2D eigenvalue weighted by Gasteiger charge is 2.14. The monoisotopic (exact) mass is 319 g/mol. The Labute approximate surface area is 139 Å². The van der Waals surface area contributed by atoms with Crippen molar-refractivity contribution in [2.45, 2.75) is 13.1 Å². The number of aromatic nitrogens is 2. The maximum atomic E-state index is 12.6. The molecule has 3 rings (SSSR count). The van der Waals surface area contributed by atoms with Crippen LogP contribution in [0.25, 0.3) is 10.8 Å². The van der Waals surface area contributed by atoms with Crippen LogP contribution in [0.1, 0.15) is 16.2 Å². The van der Waals surface area contributed by atoms with E-state index in [0.717, 1.165) is 11.1 Å². The SMILES string of the molecule is C=CCn1c(C(=O)NCc2ccccn2)cc2ccccc2c1=O. The molecular weight excluding hydrogens is 302 g/mol. The Hall–Kier alpha value is -3.21. The molecule has 3 aromatic rings. The average Bonchev–Trinajstić information content (AvgIpc) is 2.63. The minimum absolute atomic E-state index is 0.198. The summed E-state index contributed by atoms with van der Waals surface area (Å²) < 4.78 is 1.43. The van der Waals surface area contributed by atoms with Gasteiger partial charge in [0.1, 0.15) is 5.69 Å². The number of amides is 1. The van der Waals surface area contributed by atoms with Crippen LogP contribution in [0.3, 0.4) is 0 Å². The molecule has 0 atom stereocenters. The lowest BCUT2D eigenvalue weighted by Gasteiger charge is -2.13. The first kappa shape index (κ1) is 15.7. The van der Waals surface area contributed by atoms with Gasteiger partial charge in [0.05, 0.1) is 12.2 Å². The normalized spacial score (nSPS) is 10.5. The van der Waals surface area contributed by atoms with Crippen LogP contribution in [-0.2, 0) is 13.1 Å². The van der Waals surface area contributed by atoms with Crippen molar-refractivity contribution in [3.05, 3.63) is 89.1 Å². The van der Waals surface area contributed by atoms with E-state index in [1.165, 1.54) is 4.57 Å². The molecule has 1 amide bonds. The molecule has 0 saturated heterocycles. The van der Waals surface area contributed by atoms with Gasteiger partial charge in [-0.25, -0.2) is 0 Å². The van der Waals surface area contributed by atoms with Crippen LogP contribution in [0, 0.1) is 0 Å². The van der Waals surface area contributed by atoms with Gasteiger partial charge < -0.3 is 5.32 Å². The van der Waals surface area contributed by atoms with E-state index in [0.29, 0.717) is 17.6 Å². The molecule has 0 aliphatic rings. The summed E-state index contributed by atoms with van der Waals surface area (Å²) in [7, 11) is 0. The molecule has 5 heteroatoms. The van der Waals surface area contributed by atoms with E-state index < -0.39 is 0 Å². The van der Waals surface area contributed by atoms with Gasteiger partial charge in [-0.2, -0.15) is 0 Å². The van der Waals surface area contributed by atoms with Crippen molar-refractivity contribution in [1.29, 1.82) is 0 Å². The molecule has 2 heterocycles. The van der Waals surface area contributed by atoms with Crippen molar-refractivity contribution in [1.82, 2.24) is 14.9 Å². The van der Waals surface area contributed by atoms with Gasteiger partial charge >= 0.3 is 0 Å². The second kappa shape index (κ2) is 6.91. The van der Waals surface area contributed by atoms with E-state index in [2.05, 4.69) is 16.9 Å². The number of nitrogens with one attached hydrogen (secondary N) is 1. The van der Waals surface area contributed by atoms with Crippen LogP contribution in [0.2, 0.25) is 0 Å². The smallest absolute Gasteiger partial charge is 0.268 e. The molecule has 0 bridgehead atoms. The largest absolute Gasteiger partial charge is 0.345 e. The molecule has 0 unspecified atom stereocenters. The van der Waals surface area contributed by atoms with Gasteiger partial charge in [0, 0.05) is 18.1 Å². The van der Waals surface area contributed by atoms with Gasteiger partial charge in [-0.15, -0.1) is 6.58 Å². The van der Waals surface area contributed by atoms with Crippen LogP contribution in [0.15, 0.2) is 72.2 Å². The number of hydrogen-bond donors (Lipinski definition) is 1. The molecule has 0 saturated carbocycles. The highest BCUT2D eigenvalue weighted by Crippen LogP contribution is 2.12. The second-order valence-electron chi connectivity index (χ2n) is 5.33. The number of pyridine rings is 2. The minimum Gasteiger partial charge on any atom is -0.345 e. The van der Waals surface area contributed by atoms with Crippen LogP contribution in [0.4, 0.5) is 0 Å². The minimum atomic E-state index is -0.314. The fourth-order valence-electron chi connectivity index (χ4n) is 2.56. The summed E-state index contributed by atoms with van der Waals surface area (Å²) in [5.74, 6) is -0.314. The fraction of sp³-hybridized carbons (Fsp3) is 0.105. The fourth-order valence-corrected chi connectivity index (χ4v) is 2.56. The highest BCUT2D eigenvalue weighted by molar-refractivity contribution is 5.96. The summed E-state index contributed by atoms with van der Waals surface area (Å²) in [6.07, 6.45) is 3.27. The molecule has 0 aliphatic carbocycles. The summed E-state index contributed by atoms with van der Waals surface area (Å²) in [5, 5.41) is 4.14. The zero-order valence-electron chi connectivity index (χ0n) is 13.1. The Morgan fingerprint density at radius 2 is 2.00 bits per heavy atom. The van der Waals surface area contributed by atoms with E-state index >= 15 is 0 Å². The highest BCUT2D eigenvalue weighted by atomic mass is 16.2. The lowest BCUT2D eigenvalue weighted by molar-refractivity contribution is 0.0940. The van der Waals surface area contributed by atoms with Gasteiger partial charge in [-0.1, -0.05) is 30.3 Å². The number of benzene rings is 1. The Bertz CT molecular complexity index is 946. The molecule has 0 aliphatic heterocycles. The zero-order valence-corrected chi connectivity index (χ0v) is 13.1. The van der Waals surface area contributed by atoms with Gasteiger partial charge in [-0.3, -0.25) is 19.1 Å². The van der Waals surface area contributed by atoms with E-state index in [-0.39, 0.29) is 18.0 Å². The van der Waals surface area contributed by atoms with Crippen LogP contribution < -0.4 is 10.9 Å². The molecular formula is C19H17N3O2. The molecule has 24 heavy (non-hydrogen) atoms. The lowest BCUT2D eigenvalue weighted by Crippen LogP contribution is -2.32. The zero-order chi connectivity index (χ0) is 16.9. The second-order valence-corrected chi connectivity index (χ2v) is 5.33. The maximum absolute atomic E-state index is 12.6. The summed E-state index contributed by atoms with van der Waals surface area (Å²) >= 11 is 0. The van der Waals surface area contributed by atoms with Crippen LogP contribution in [-0.4, -0.2) is 15.5 Å². The molecule has 2 aromatic heterocycles. The van der Waals surface area contributed by atoms with Gasteiger partial charge in [0.25, 0.3) is 11.5 Å². The molecule has 1 N–H and O–H groups in total. The van der Waals surface area contributed by atoms with Crippen molar-refractivity contribution in [3.63, 3.8) is 0 Å². The first-order valence-electron chi connectivity index (χ1n) is 7.62. The van der Waals surface area contributed by atoms with Crippen molar-refractivity contribution in [2.24, 2.45) is 0 Å². The van der Waals surface area contributed by atoms with E-state index in [9.17, 15) is 9.59 Å². The maximum Gasteiger partial charge on any atom is 0.268 e. The molecule has 0 fully saturated rings. The Morgan fingerprint density at radius 1 is 1.21 bits per heavy atom. The van der Waals surface area contributed by atoms with Gasteiger partial charge in [0.2, 0.25) is 0 Å². The van der Waals surface area contributed by atoms with E-state index in [1.807, 2.05) is 36.4 Å². The third-order valence-electron chi connectivity index (χ3n) is 3.72. The predicted molar refractivity (Wildman–Crippen MR) is 93.8 cm³/mol. The summed E-state index contributed by atoms with van der Waals surface area (Å²) in [6.45, 7) is 4.24. The number of carbonyl (C=O) groups excluding carboxylic acids is 1. The standard InChI is InChI=1S/C19H17N3O2/c1-2-11-22-17(12-14-7-3-4-9-16(14)19(22)24)18(23)21-13-15-8-5-6-10-20-15/h2-10,12H,1,11,13H2,(H,21,23). The summed E-state index contributed by atoms with van der Waals surface area (Å²) in [5.41, 5.74) is 0.870. The molecule has 120 valence electrons. The van der Waals surface area contributed by atoms with Crippen LogP contribution in [0.5, 0.6) is 0 Å². The number of carbonyl (C=O) groups is 1. The number of nitrogens with zero attached hydrogens (tertiary/aromatic N) is 2. The van der Waals surface area contributed by atoms with Crippen molar-refractivity contribution in [3.8, 4) is 0 Å². The average molecular weight is 319 g/mol. The first-order chi connectivity index (χ1) is 11.7. The number of allylic oxidation sites excluding steroid dienone is 1. The topological polar surface area (TPSA) is 64.0 Å². The van der Waals surface area contributed by atoms with Crippen molar-refractivity contribution >= 4 is 16.7 Å². The summed E-state index contributed by atoms with van der Waals surface area (Å²) in [4.78, 5) is 29.4. The van der Waals surface area contributed by atoms with Gasteiger partial charge in [0.15, 0.2) is 0 Å². The van der Waals surface area contributed by atoms with Crippen molar-refractivity contribution < 1.29 is 4.79 Å². The molecule has 1 aromatic carbocycles. The van der Waals surface area contributed by atoms with E-state index in [4.69, 9.17) is 0 Å². The number of hydrogen-bond acceptors (Lipinski definition) is 3. The quantitative estimate of drug-likeness (QED) is 0.735. The third kappa shape index (κ3) is 3.10. The predicted octanol–water partition coefficient (Wildman–Crippen LogP) is 2.51. The molecule has 0 radical (unpaired) electrons. The Morgan fingerprint density at radius 3 is 2.75 bits per heavy atom. The first-order valence-corrected chi connectivity index (χ1v) is 7.62. The number of fused-ring (bicyclic) bond motifs is 1. The van der Waals surface area contributed by atoms with Crippen molar-refractivity contribution in [2.75, 3.05) is 0 Å². The third-order valence-corrected chi connectivity index (χ3v) is 3.72. The number of rotatable bonds is 5. The van der Waals surface area contributed by atoms with Crippen LogP contribution >= 0.6 is 0 Å². The lowest BCUT2D eigenvalue weighted by atomic mass is 10.1. The van der Waals surface area contributed by atoms with Gasteiger partial charge in [-0.05, 0) is 29.7 Å². The molecule has 0 spiro atoms. The Balaban J connectivity index is 1.97. The molecule has 5 nitrogen and oxygen atoms in total. The van der Waals surface area contributed by atoms with E-state index in [1.54, 1.807) is 24.4 Å². The Kier molecular flexibility index (Phi) is 4.52.